The molecule has 1 heterocycles. The first-order chi connectivity index (χ1) is 5.79. The number of fused-ring (bicyclic) bond motifs is 1. The number of hydrogen-bond acceptors (Lipinski definition) is 1. The van der Waals surface area contributed by atoms with Crippen molar-refractivity contribution in [3.05, 3.63) is 35.6 Å². The van der Waals surface area contributed by atoms with Crippen molar-refractivity contribution in [3.8, 4) is 0 Å². The highest BCUT2D eigenvalue weighted by atomic mass is 16.3. The Morgan fingerprint density at radius 3 is 2.83 bits per heavy atom. The lowest BCUT2D eigenvalue weighted by Crippen LogP contribution is -1.76. The second-order valence-electron chi connectivity index (χ2n) is 3.08. The molecule has 0 aliphatic heterocycles. The fourth-order valence-electron chi connectivity index (χ4n) is 1.43. The molecule has 1 aromatic heterocycles. The highest BCUT2D eigenvalue weighted by molar-refractivity contribution is 5.78. The fourth-order valence-corrected chi connectivity index (χ4v) is 1.43. The summed E-state index contributed by atoms with van der Waals surface area (Å²) in [6.45, 7) is 4.13. The third-order valence-electron chi connectivity index (χ3n) is 2.12. The Balaban J connectivity index is 2.66. The van der Waals surface area contributed by atoms with Gasteiger partial charge in [0.25, 0.3) is 0 Å². The first-order valence-electron chi connectivity index (χ1n) is 4.28. The highest BCUT2D eigenvalue weighted by Gasteiger charge is 1.99. The molecule has 0 spiro atoms. The van der Waals surface area contributed by atoms with Crippen LogP contribution < -0.4 is 0 Å². The van der Waals surface area contributed by atoms with Crippen LogP contribution in [0.25, 0.3) is 11.0 Å². The Kier molecular flexibility index (Phi) is 1.65. The van der Waals surface area contributed by atoms with Gasteiger partial charge in [0, 0.05) is 5.39 Å². The van der Waals surface area contributed by atoms with E-state index in [0.29, 0.717) is 0 Å². The topological polar surface area (TPSA) is 13.1 Å². The maximum absolute atomic E-state index is 5.51. The SMILES string of the molecule is CCc1ccc2cc(C)oc2c1. The molecule has 2 aromatic rings. The molecule has 0 unspecified atom stereocenters. The predicted octanol–water partition coefficient (Wildman–Crippen LogP) is 3.30. The van der Waals surface area contributed by atoms with E-state index in [1.165, 1.54) is 10.9 Å². The number of furan rings is 1. The second kappa shape index (κ2) is 2.67. The van der Waals surface area contributed by atoms with Crippen molar-refractivity contribution < 1.29 is 4.42 Å². The van der Waals surface area contributed by atoms with Gasteiger partial charge in [-0.2, -0.15) is 0 Å². The quantitative estimate of drug-likeness (QED) is 0.623. The molecule has 1 heteroatoms. The van der Waals surface area contributed by atoms with Crippen molar-refractivity contribution in [2.45, 2.75) is 20.3 Å². The van der Waals surface area contributed by atoms with Gasteiger partial charge in [0.05, 0.1) is 0 Å². The summed E-state index contributed by atoms with van der Waals surface area (Å²) in [5.74, 6) is 0.984. The van der Waals surface area contributed by atoms with Crippen LogP contribution in [0.1, 0.15) is 18.2 Å². The van der Waals surface area contributed by atoms with E-state index in [0.717, 1.165) is 17.8 Å². The van der Waals surface area contributed by atoms with Gasteiger partial charge in [-0.3, -0.25) is 0 Å². The summed E-state index contributed by atoms with van der Waals surface area (Å²) in [6.07, 6.45) is 1.07. The summed E-state index contributed by atoms with van der Waals surface area (Å²) in [7, 11) is 0. The molecule has 0 N–H and O–H groups in total. The number of rotatable bonds is 1. The summed E-state index contributed by atoms with van der Waals surface area (Å²) >= 11 is 0. The van der Waals surface area contributed by atoms with Crippen molar-refractivity contribution in [1.29, 1.82) is 0 Å². The van der Waals surface area contributed by atoms with Gasteiger partial charge in [-0.05, 0) is 31.0 Å². The smallest absolute Gasteiger partial charge is 0.134 e. The minimum absolute atomic E-state index is 0.984. The molecule has 1 aromatic carbocycles. The zero-order valence-electron chi connectivity index (χ0n) is 7.42. The van der Waals surface area contributed by atoms with E-state index in [4.69, 9.17) is 4.42 Å². The zero-order valence-corrected chi connectivity index (χ0v) is 7.42. The molecule has 0 aliphatic carbocycles. The normalized spacial score (nSPS) is 10.8. The van der Waals surface area contributed by atoms with Crippen LogP contribution in [0.3, 0.4) is 0 Å². The van der Waals surface area contributed by atoms with Crippen LogP contribution in [0.2, 0.25) is 0 Å². The Hall–Kier alpha value is -1.24. The van der Waals surface area contributed by atoms with Gasteiger partial charge in [-0.15, -0.1) is 0 Å². The number of hydrogen-bond donors (Lipinski definition) is 0. The van der Waals surface area contributed by atoms with Gasteiger partial charge in [0.2, 0.25) is 0 Å². The van der Waals surface area contributed by atoms with Crippen LogP contribution in [0.15, 0.2) is 28.7 Å². The lowest BCUT2D eigenvalue weighted by Gasteiger charge is -1.93. The van der Waals surface area contributed by atoms with E-state index in [9.17, 15) is 0 Å². The van der Waals surface area contributed by atoms with Gasteiger partial charge in [-0.25, -0.2) is 0 Å². The average molecular weight is 160 g/mol. The molecule has 0 aliphatic rings. The molecule has 0 amide bonds. The molecular formula is C11H12O. The molecule has 0 bridgehead atoms. The molecule has 0 fully saturated rings. The molecule has 2 rings (SSSR count). The van der Waals surface area contributed by atoms with Crippen LogP contribution in [0, 0.1) is 6.92 Å². The Bertz CT molecular complexity index is 398. The first kappa shape index (κ1) is 7.41. The molecule has 0 saturated heterocycles. The third kappa shape index (κ3) is 1.11. The van der Waals surface area contributed by atoms with Crippen LogP contribution in [0.4, 0.5) is 0 Å². The van der Waals surface area contributed by atoms with E-state index in [1.54, 1.807) is 0 Å². The summed E-state index contributed by atoms with van der Waals surface area (Å²) in [5, 5.41) is 1.20. The van der Waals surface area contributed by atoms with E-state index < -0.39 is 0 Å². The van der Waals surface area contributed by atoms with E-state index >= 15 is 0 Å². The lowest BCUT2D eigenvalue weighted by atomic mass is 10.1. The van der Waals surface area contributed by atoms with Crippen LogP contribution in [-0.2, 0) is 6.42 Å². The van der Waals surface area contributed by atoms with Crippen molar-refractivity contribution in [1.82, 2.24) is 0 Å². The maximum atomic E-state index is 5.51. The summed E-state index contributed by atoms with van der Waals surface area (Å²) in [5.41, 5.74) is 2.34. The van der Waals surface area contributed by atoms with Crippen LogP contribution in [0.5, 0.6) is 0 Å². The summed E-state index contributed by atoms with van der Waals surface area (Å²) in [4.78, 5) is 0. The van der Waals surface area contributed by atoms with Crippen molar-refractivity contribution in [2.24, 2.45) is 0 Å². The first-order valence-corrected chi connectivity index (χ1v) is 4.28. The Labute approximate surface area is 72.0 Å². The van der Waals surface area contributed by atoms with Gasteiger partial charge in [-0.1, -0.05) is 19.1 Å². The lowest BCUT2D eigenvalue weighted by molar-refractivity contribution is 0.578. The average Bonchev–Trinajstić information content (AvgIpc) is 2.43. The van der Waals surface area contributed by atoms with Gasteiger partial charge in [0.1, 0.15) is 11.3 Å². The van der Waals surface area contributed by atoms with Gasteiger partial charge >= 0.3 is 0 Å². The Morgan fingerprint density at radius 1 is 1.25 bits per heavy atom. The fraction of sp³-hybridized carbons (Fsp3) is 0.273. The molecule has 0 radical (unpaired) electrons. The van der Waals surface area contributed by atoms with E-state index in [2.05, 4.69) is 31.2 Å². The molecule has 0 saturated carbocycles. The van der Waals surface area contributed by atoms with Crippen LogP contribution in [-0.4, -0.2) is 0 Å². The second-order valence-corrected chi connectivity index (χ2v) is 3.08. The largest absolute Gasteiger partial charge is 0.461 e. The highest BCUT2D eigenvalue weighted by Crippen LogP contribution is 2.20. The molecular weight excluding hydrogens is 148 g/mol. The van der Waals surface area contributed by atoms with Crippen molar-refractivity contribution in [2.75, 3.05) is 0 Å². The van der Waals surface area contributed by atoms with Crippen molar-refractivity contribution >= 4 is 11.0 Å². The van der Waals surface area contributed by atoms with E-state index in [-0.39, 0.29) is 0 Å². The molecule has 0 atom stereocenters. The Morgan fingerprint density at radius 2 is 2.08 bits per heavy atom. The molecule has 12 heavy (non-hydrogen) atoms. The zero-order chi connectivity index (χ0) is 8.55. The standard InChI is InChI=1S/C11H12O/c1-3-9-4-5-10-6-8(2)12-11(10)7-9/h4-7H,3H2,1-2H3. The summed E-state index contributed by atoms with van der Waals surface area (Å²) in [6, 6.07) is 8.44. The maximum Gasteiger partial charge on any atom is 0.134 e. The van der Waals surface area contributed by atoms with E-state index in [1.807, 2.05) is 6.92 Å². The number of aryl methyl sites for hydroxylation is 2. The number of benzene rings is 1. The minimum Gasteiger partial charge on any atom is -0.461 e. The third-order valence-corrected chi connectivity index (χ3v) is 2.12. The van der Waals surface area contributed by atoms with Crippen molar-refractivity contribution in [3.63, 3.8) is 0 Å². The minimum atomic E-state index is 0.984. The van der Waals surface area contributed by atoms with Crippen LogP contribution >= 0.6 is 0 Å². The summed E-state index contributed by atoms with van der Waals surface area (Å²) < 4.78 is 5.51. The van der Waals surface area contributed by atoms with Gasteiger partial charge < -0.3 is 4.42 Å². The monoisotopic (exact) mass is 160 g/mol. The molecule has 1 nitrogen and oxygen atoms in total. The molecule has 62 valence electrons. The predicted molar refractivity (Wildman–Crippen MR) is 50.3 cm³/mol. The van der Waals surface area contributed by atoms with Gasteiger partial charge in [0.15, 0.2) is 0 Å².